The Morgan fingerprint density at radius 2 is 2.04 bits per heavy atom. The molecule has 3 aromatic rings. The summed E-state index contributed by atoms with van der Waals surface area (Å²) in [6.07, 6.45) is 6.59. The monoisotopic (exact) mass is 323 g/mol. The second-order valence-corrected chi connectivity index (χ2v) is 6.08. The number of nitrogens with one attached hydrogen (secondary N) is 1. The number of rotatable bonds is 6. The first-order chi connectivity index (χ1) is 11.8. The van der Waals surface area contributed by atoms with Crippen LogP contribution in [0.3, 0.4) is 0 Å². The Morgan fingerprint density at radius 1 is 1.17 bits per heavy atom. The molecule has 0 bridgehead atoms. The molecule has 0 unspecified atom stereocenters. The van der Waals surface area contributed by atoms with Crippen LogP contribution in [0.15, 0.2) is 42.7 Å². The molecule has 0 aliphatic heterocycles. The van der Waals surface area contributed by atoms with Gasteiger partial charge in [0.25, 0.3) is 0 Å². The second-order valence-electron chi connectivity index (χ2n) is 6.08. The topological polar surface area (TPSA) is 48.3 Å². The lowest BCUT2D eigenvalue weighted by atomic mass is 10.2. The van der Waals surface area contributed by atoms with E-state index in [-0.39, 0.29) is 0 Å². The molecule has 1 aliphatic carbocycles. The minimum Gasteiger partial charge on any atom is -0.497 e. The SMILES string of the molecule is COc1ccc(CNc2nccc3c2ccn3C2CC2)c(OC)c1. The Kier molecular flexibility index (Phi) is 3.76. The third-order valence-electron chi connectivity index (χ3n) is 4.53. The standard InChI is InChI=1S/C19H21N3O2/c1-23-15-6-3-13(18(11-15)24-2)12-21-19-16-8-10-22(14-4-5-14)17(16)7-9-20-19/h3,6-11,14H,4-5,12H2,1-2H3,(H,20,21). The van der Waals surface area contributed by atoms with Crippen LogP contribution in [0.1, 0.15) is 24.4 Å². The van der Waals surface area contributed by atoms with Gasteiger partial charge in [0.15, 0.2) is 0 Å². The van der Waals surface area contributed by atoms with Crippen molar-refractivity contribution in [3.05, 3.63) is 48.3 Å². The minimum absolute atomic E-state index is 0.647. The number of anilines is 1. The molecule has 0 spiro atoms. The summed E-state index contributed by atoms with van der Waals surface area (Å²) in [4.78, 5) is 4.51. The Hall–Kier alpha value is -2.69. The van der Waals surface area contributed by atoms with Gasteiger partial charge in [-0.05, 0) is 37.1 Å². The van der Waals surface area contributed by atoms with Gasteiger partial charge < -0.3 is 19.4 Å². The molecule has 1 aromatic carbocycles. The molecule has 2 aromatic heterocycles. The summed E-state index contributed by atoms with van der Waals surface area (Å²) < 4.78 is 13.1. The van der Waals surface area contributed by atoms with Crippen molar-refractivity contribution in [2.24, 2.45) is 0 Å². The highest BCUT2D eigenvalue weighted by atomic mass is 16.5. The lowest BCUT2D eigenvalue weighted by Crippen LogP contribution is -2.04. The molecule has 1 fully saturated rings. The maximum absolute atomic E-state index is 5.46. The van der Waals surface area contributed by atoms with Crippen LogP contribution in [-0.2, 0) is 6.54 Å². The number of fused-ring (bicyclic) bond motifs is 1. The second kappa shape index (κ2) is 6.07. The first-order valence-corrected chi connectivity index (χ1v) is 8.20. The molecule has 2 heterocycles. The molecule has 124 valence electrons. The molecule has 5 heteroatoms. The average molecular weight is 323 g/mol. The zero-order valence-electron chi connectivity index (χ0n) is 14.0. The Labute approximate surface area is 141 Å². The number of hydrogen-bond acceptors (Lipinski definition) is 4. The smallest absolute Gasteiger partial charge is 0.135 e. The molecular weight excluding hydrogens is 302 g/mol. The average Bonchev–Trinajstić information content (AvgIpc) is 3.38. The van der Waals surface area contributed by atoms with Crippen LogP contribution in [0, 0.1) is 0 Å². The summed E-state index contributed by atoms with van der Waals surface area (Å²) in [6, 6.07) is 10.8. The number of benzene rings is 1. The predicted octanol–water partition coefficient (Wildman–Crippen LogP) is 4.00. The van der Waals surface area contributed by atoms with Gasteiger partial charge in [-0.25, -0.2) is 4.98 Å². The van der Waals surface area contributed by atoms with Crippen LogP contribution in [0.25, 0.3) is 10.9 Å². The van der Waals surface area contributed by atoms with Crippen molar-refractivity contribution in [2.45, 2.75) is 25.4 Å². The van der Waals surface area contributed by atoms with Crippen molar-refractivity contribution in [1.82, 2.24) is 9.55 Å². The van der Waals surface area contributed by atoms with Crippen LogP contribution in [0.5, 0.6) is 11.5 Å². The van der Waals surface area contributed by atoms with Gasteiger partial charge in [-0.2, -0.15) is 0 Å². The first kappa shape index (κ1) is 14.9. The quantitative estimate of drug-likeness (QED) is 0.745. The molecular formula is C19H21N3O2. The summed E-state index contributed by atoms with van der Waals surface area (Å²) in [5, 5.41) is 4.61. The van der Waals surface area contributed by atoms with Crippen molar-refractivity contribution < 1.29 is 9.47 Å². The van der Waals surface area contributed by atoms with Gasteiger partial charge >= 0.3 is 0 Å². The molecule has 0 amide bonds. The van der Waals surface area contributed by atoms with Crippen LogP contribution in [-0.4, -0.2) is 23.8 Å². The minimum atomic E-state index is 0.647. The molecule has 1 aliphatic rings. The van der Waals surface area contributed by atoms with E-state index >= 15 is 0 Å². The maximum atomic E-state index is 5.46. The maximum Gasteiger partial charge on any atom is 0.135 e. The summed E-state index contributed by atoms with van der Waals surface area (Å²) in [5.41, 5.74) is 2.32. The fourth-order valence-corrected chi connectivity index (χ4v) is 3.08. The molecule has 0 atom stereocenters. The number of hydrogen-bond donors (Lipinski definition) is 1. The van der Waals surface area contributed by atoms with Crippen molar-refractivity contribution in [3.8, 4) is 11.5 Å². The van der Waals surface area contributed by atoms with E-state index in [2.05, 4.69) is 33.2 Å². The molecule has 5 nitrogen and oxygen atoms in total. The highest BCUT2D eigenvalue weighted by molar-refractivity contribution is 5.90. The summed E-state index contributed by atoms with van der Waals surface area (Å²) >= 11 is 0. The molecule has 4 rings (SSSR count). The van der Waals surface area contributed by atoms with Crippen LogP contribution >= 0.6 is 0 Å². The van der Waals surface area contributed by atoms with Gasteiger partial charge in [0, 0.05) is 42.0 Å². The van der Waals surface area contributed by atoms with Crippen LogP contribution in [0.2, 0.25) is 0 Å². The van der Waals surface area contributed by atoms with Crippen molar-refractivity contribution in [1.29, 1.82) is 0 Å². The molecule has 0 radical (unpaired) electrons. The van der Waals surface area contributed by atoms with Gasteiger partial charge in [0.1, 0.15) is 17.3 Å². The number of pyridine rings is 1. The predicted molar refractivity (Wildman–Crippen MR) is 94.9 cm³/mol. The molecule has 24 heavy (non-hydrogen) atoms. The Balaban J connectivity index is 1.59. The van der Waals surface area contributed by atoms with Crippen LogP contribution in [0.4, 0.5) is 5.82 Å². The fraction of sp³-hybridized carbons (Fsp3) is 0.316. The third kappa shape index (κ3) is 2.66. The fourth-order valence-electron chi connectivity index (χ4n) is 3.08. The van der Waals surface area contributed by atoms with E-state index in [0.29, 0.717) is 12.6 Å². The number of nitrogens with zero attached hydrogens (tertiary/aromatic N) is 2. The summed E-state index contributed by atoms with van der Waals surface area (Å²) in [5.74, 6) is 2.51. The normalized spacial score (nSPS) is 13.9. The number of aromatic nitrogens is 2. The van der Waals surface area contributed by atoms with E-state index in [9.17, 15) is 0 Å². The van der Waals surface area contributed by atoms with Gasteiger partial charge in [-0.1, -0.05) is 0 Å². The molecule has 0 saturated heterocycles. The van der Waals surface area contributed by atoms with E-state index in [0.717, 1.165) is 28.3 Å². The lowest BCUT2D eigenvalue weighted by Gasteiger charge is -2.12. The van der Waals surface area contributed by atoms with Gasteiger partial charge in [0.05, 0.1) is 19.7 Å². The highest BCUT2D eigenvalue weighted by Crippen LogP contribution is 2.38. The molecule has 1 N–H and O–H groups in total. The summed E-state index contributed by atoms with van der Waals surface area (Å²) in [7, 11) is 3.33. The lowest BCUT2D eigenvalue weighted by molar-refractivity contribution is 0.391. The zero-order valence-corrected chi connectivity index (χ0v) is 14.0. The van der Waals surface area contributed by atoms with Crippen molar-refractivity contribution in [3.63, 3.8) is 0 Å². The van der Waals surface area contributed by atoms with Gasteiger partial charge in [-0.3, -0.25) is 0 Å². The Bertz CT molecular complexity index is 868. The first-order valence-electron chi connectivity index (χ1n) is 8.20. The zero-order chi connectivity index (χ0) is 16.5. The van der Waals surface area contributed by atoms with E-state index < -0.39 is 0 Å². The van der Waals surface area contributed by atoms with Gasteiger partial charge in [0.2, 0.25) is 0 Å². The largest absolute Gasteiger partial charge is 0.497 e. The van der Waals surface area contributed by atoms with E-state index in [4.69, 9.17) is 9.47 Å². The highest BCUT2D eigenvalue weighted by Gasteiger charge is 2.24. The van der Waals surface area contributed by atoms with Gasteiger partial charge in [-0.15, -0.1) is 0 Å². The Morgan fingerprint density at radius 3 is 2.79 bits per heavy atom. The third-order valence-corrected chi connectivity index (χ3v) is 4.53. The van der Waals surface area contributed by atoms with Crippen molar-refractivity contribution in [2.75, 3.05) is 19.5 Å². The number of ether oxygens (including phenoxy) is 2. The van der Waals surface area contributed by atoms with Crippen LogP contribution < -0.4 is 14.8 Å². The van der Waals surface area contributed by atoms with E-state index in [1.807, 2.05) is 24.4 Å². The number of methoxy groups -OCH3 is 2. The van der Waals surface area contributed by atoms with Crippen molar-refractivity contribution >= 4 is 16.7 Å². The van der Waals surface area contributed by atoms with E-state index in [1.54, 1.807) is 14.2 Å². The summed E-state index contributed by atoms with van der Waals surface area (Å²) in [6.45, 7) is 0.647. The van der Waals surface area contributed by atoms with E-state index in [1.165, 1.54) is 18.4 Å². The molecule has 1 saturated carbocycles.